The smallest absolute Gasteiger partial charge is 0.876 e. The van der Waals surface area contributed by atoms with Gasteiger partial charge in [-0.05, 0) is 49.4 Å². The summed E-state index contributed by atoms with van der Waals surface area (Å²) in [6.45, 7) is 5.95. The van der Waals surface area contributed by atoms with E-state index < -0.39 is 7.92 Å². The fraction of sp³-hybridized carbons (Fsp3) is 0.0833. The first-order valence-corrected chi connectivity index (χ1v) is 10.2. The molecule has 0 aromatic heterocycles. The van der Waals surface area contributed by atoms with Crippen LogP contribution in [0.25, 0.3) is 0 Å². The third-order valence-corrected chi connectivity index (χ3v) is 6.33. The average Bonchev–Trinajstić information content (AvgIpc) is 2.72. The van der Waals surface area contributed by atoms with E-state index in [-0.39, 0.29) is 31.0 Å². The molecule has 0 aliphatic heterocycles. The first-order chi connectivity index (χ1) is 13.6. The molecule has 151 valence electrons. The van der Waals surface area contributed by atoms with Crippen molar-refractivity contribution in [2.24, 2.45) is 0 Å². The van der Waals surface area contributed by atoms with Crippen LogP contribution in [0.5, 0.6) is 0 Å². The van der Waals surface area contributed by atoms with Gasteiger partial charge >= 0.3 is 19.5 Å². The van der Waals surface area contributed by atoms with Gasteiger partial charge in [-0.15, -0.1) is 5.76 Å². The molecule has 0 amide bonds. The summed E-state index contributed by atoms with van der Waals surface area (Å²) >= 11 is 0. The summed E-state index contributed by atoms with van der Waals surface area (Å²) in [5.74, 6) is -0.375. The van der Waals surface area contributed by atoms with Gasteiger partial charge in [-0.1, -0.05) is 61.5 Å². The molecule has 0 atom stereocenters. The Bertz CT molecular complexity index is 755. The SMILES string of the molecule is CC(=O)/C=C(/C)[O-].[CH-]=O.[Rh+2].c1ccc([PH+](c2ccccc2)c2ccccc2)cc1. The molecule has 0 aliphatic rings. The van der Waals surface area contributed by atoms with E-state index in [0.29, 0.717) is 0 Å². The predicted molar refractivity (Wildman–Crippen MR) is 118 cm³/mol. The molecular weight excluding hydrogens is 470 g/mol. The molecule has 29 heavy (non-hydrogen) atoms. The molecule has 0 saturated heterocycles. The minimum Gasteiger partial charge on any atom is -0.876 e. The Morgan fingerprint density at radius 1 is 0.724 bits per heavy atom. The zero-order valence-electron chi connectivity index (χ0n) is 16.4. The van der Waals surface area contributed by atoms with E-state index in [2.05, 4.69) is 97.8 Å². The van der Waals surface area contributed by atoms with E-state index in [1.54, 1.807) is 0 Å². The molecule has 3 aromatic rings. The molecule has 5 heteroatoms. The fourth-order valence-corrected chi connectivity index (χ4v) is 5.18. The van der Waals surface area contributed by atoms with Gasteiger partial charge in [0.1, 0.15) is 15.9 Å². The summed E-state index contributed by atoms with van der Waals surface area (Å²) in [5.41, 5.74) is 0. The van der Waals surface area contributed by atoms with E-state index in [1.807, 2.05) is 0 Å². The number of allylic oxidation sites excluding steroid dienone is 2. The van der Waals surface area contributed by atoms with Gasteiger partial charge in [0.25, 0.3) is 0 Å². The van der Waals surface area contributed by atoms with Crippen LogP contribution in [0.3, 0.4) is 0 Å². The Kier molecular flexibility index (Phi) is 14.2. The van der Waals surface area contributed by atoms with Crippen molar-refractivity contribution >= 4 is 36.4 Å². The molecule has 0 saturated carbocycles. The number of rotatable bonds is 4. The molecule has 0 N–H and O–H groups in total. The summed E-state index contributed by atoms with van der Waals surface area (Å²) in [5, 5.41) is 14.3. The van der Waals surface area contributed by atoms with Gasteiger partial charge in [0.05, 0.1) is 7.92 Å². The maximum absolute atomic E-state index is 9.98. The molecule has 0 heterocycles. The number of hydrogen-bond acceptors (Lipinski definition) is 3. The molecule has 0 fully saturated rings. The Morgan fingerprint density at radius 3 is 1.17 bits per heavy atom. The minimum absolute atomic E-state index is 0. The van der Waals surface area contributed by atoms with Crippen molar-refractivity contribution < 1.29 is 34.2 Å². The summed E-state index contributed by atoms with van der Waals surface area (Å²) in [6.07, 6.45) is 1.06. The van der Waals surface area contributed by atoms with Gasteiger partial charge in [0.15, 0.2) is 5.78 Å². The number of carbonyl (C=O) groups is 1. The van der Waals surface area contributed by atoms with Crippen molar-refractivity contribution in [3.05, 3.63) is 103 Å². The third-order valence-electron chi connectivity index (χ3n) is 3.59. The zero-order valence-corrected chi connectivity index (χ0v) is 19.0. The first kappa shape index (κ1) is 26.6. The van der Waals surface area contributed by atoms with E-state index in [1.165, 1.54) is 29.8 Å². The molecule has 0 unspecified atom stereocenters. The van der Waals surface area contributed by atoms with Crippen molar-refractivity contribution in [3.63, 3.8) is 0 Å². The number of hydrogen-bond donors (Lipinski definition) is 0. The van der Waals surface area contributed by atoms with Crippen LogP contribution in [0.1, 0.15) is 13.8 Å². The second-order valence-corrected chi connectivity index (χ2v) is 8.32. The zero-order chi connectivity index (χ0) is 20.8. The predicted octanol–water partition coefficient (Wildman–Crippen LogP) is 2.74. The standard InChI is InChI=1S/C18H15P.C5H8O2.CHO.Rh/c1-4-10-16(11-5-1)19(17-12-6-2-7-13-17)18-14-8-3-9-15-18;1-4(6)3-5(2)7;1-2;/h1-15H;3,6H,1-2H3;1H;/q;;-1;+2/b;4-3-;;. The van der Waals surface area contributed by atoms with Gasteiger partial charge in [-0.2, -0.15) is 0 Å². The van der Waals surface area contributed by atoms with Crippen LogP contribution < -0.4 is 21.0 Å². The molecule has 3 nitrogen and oxygen atoms in total. The van der Waals surface area contributed by atoms with Gasteiger partial charge in [0.2, 0.25) is 0 Å². The van der Waals surface area contributed by atoms with Crippen molar-refractivity contribution in [1.82, 2.24) is 0 Å². The third kappa shape index (κ3) is 10.1. The van der Waals surface area contributed by atoms with Crippen LogP contribution in [-0.2, 0) is 29.1 Å². The van der Waals surface area contributed by atoms with Crippen LogP contribution in [0.15, 0.2) is 103 Å². The molecular formula is C24H24O3PRh+. The molecule has 3 rings (SSSR count). The topological polar surface area (TPSA) is 57.2 Å². The number of ketones is 1. The first-order valence-electron chi connectivity index (χ1n) is 8.70. The number of benzene rings is 3. The van der Waals surface area contributed by atoms with Crippen molar-refractivity contribution in [2.45, 2.75) is 13.8 Å². The van der Waals surface area contributed by atoms with Gasteiger partial charge in [0, 0.05) is 0 Å². The van der Waals surface area contributed by atoms with E-state index in [9.17, 15) is 9.90 Å². The molecule has 0 bridgehead atoms. The largest absolute Gasteiger partial charge is 2.00 e. The molecule has 3 aromatic carbocycles. The summed E-state index contributed by atoms with van der Waals surface area (Å²) in [7, 11) is -0.877. The van der Waals surface area contributed by atoms with Gasteiger partial charge < -0.3 is 9.90 Å². The Balaban J connectivity index is 0.000000675. The van der Waals surface area contributed by atoms with Crippen molar-refractivity contribution in [1.29, 1.82) is 0 Å². The van der Waals surface area contributed by atoms with Crippen LogP contribution in [0.4, 0.5) is 0 Å². The van der Waals surface area contributed by atoms with Gasteiger partial charge in [-0.3, -0.25) is 11.6 Å². The van der Waals surface area contributed by atoms with Crippen molar-refractivity contribution in [2.75, 3.05) is 0 Å². The van der Waals surface area contributed by atoms with E-state index in [0.717, 1.165) is 6.08 Å². The van der Waals surface area contributed by atoms with Crippen molar-refractivity contribution in [3.8, 4) is 0 Å². The summed E-state index contributed by atoms with van der Waals surface area (Å²) in [4.78, 5) is 17.7. The molecule has 1 radical (unpaired) electrons. The Hall–Kier alpha value is -2.41. The second-order valence-electron chi connectivity index (χ2n) is 5.84. The summed E-state index contributed by atoms with van der Waals surface area (Å²) in [6, 6.07) is 32.5. The minimum atomic E-state index is -0.877. The monoisotopic (exact) mass is 494 g/mol. The van der Waals surface area contributed by atoms with Crippen LogP contribution >= 0.6 is 7.92 Å². The normalized spacial score (nSPS) is 9.83. The average molecular weight is 494 g/mol. The fourth-order valence-electron chi connectivity index (χ4n) is 2.60. The van der Waals surface area contributed by atoms with Gasteiger partial charge in [-0.25, -0.2) is 0 Å². The number of carbonyl (C=O) groups excluding carboxylic acids is 2. The Morgan fingerprint density at radius 2 is 1.00 bits per heavy atom. The van der Waals surface area contributed by atoms with Crippen LogP contribution in [0, 0.1) is 0 Å². The quantitative estimate of drug-likeness (QED) is 0.140. The Labute approximate surface area is 187 Å². The van der Waals surface area contributed by atoms with E-state index >= 15 is 0 Å². The second kappa shape index (κ2) is 15.5. The van der Waals surface area contributed by atoms with Crippen LogP contribution in [-0.4, -0.2) is 12.6 Å². The van der Waals surface area contributed by atoms with Crippen LogP contribution in [0.2, 0.25) is 0 Å². The van der Waals surface area contributed by atoms with E-state index in [4.69, 9.17) is 4.79 Å². The maximum atomic E-state index is 9.98. The maximum Gasteiger partial charge on any atom is 2.00 e. The summed E-state index contributed by atoms with van der Waals surface area (Å²) < 4.78 is 0. The molecule has 0 aliphatic carbocycles. The molecule has 0 spiro atoms.